The first kappa shape index (κ1) is 12.0. The van der Waals surface area contributed by atoms with Crippen molar-refractivity contribution < 1.29 is 9.59 Å². The maximum atomic E-state index is 11.5. The van der Waals surface area contributed by atoms with Gasteiger partial charge < -0.3 is 0 Å². The summed E-state index contributed by atoms with van der Waals surface area (Å²) in [5, 5.41) is 0.526. The number of hydrogen-bond donors (Lipinski definition) is 2. The number of amides is 2. The third kappa shape index (κ3) is 3.53. The fourth-order valence-corrected chi connectivity index (χ4v) is 1.75. The summed E-state index contributed by atoms with van der Waals surface area (Å²) in [7, 11) is 0. The average Bonchev–Trinajstić information content (AvgIpc) is 2.14. The first-order valence-electron chi connectivity index (χ1n) is 4.02. The largest absolute Gasteiger partial charge is 0.274 e. The maximum Gasteiger partial charge on any atom is 0.270 e. The average molecular weight is 292 g/mol. The molecular formula is C9H8BrClN2O2. The van der Waals surface area contributed by atoms with Crippen molar-refractivity contribution in [3.63, 3.8) is 0 Å². The summed E-state index contributed by atoms with van der Waals surface area (Å²) in [6.07, 6.45) is 0. The quantitative estimate of drug-likeness (QED) is 0.776. The molecule has 80 valence electrons. The Hall–Kier alpha value is -1.07. The molecule has 0 fully saturated rings. The van der Waals surface area contributed by atoms with Gasteiger partial charge in [-0.3, -0.25) is 20.4 Å². The van der Waals surface area contributed by atoms with E-state index >= 15 is 0 Å². The molecule has 0 aromatic heterocycles. The van der Waals surface area contributed by atoms with Crippen LogP contribution in [-0.4, -0.2) is 11.8 Å². The van der Waals surface area contributed by atoms with Crippen molar-refractivity contribution in [3.05, 3.63) is 33.3 Å². The number of nitrogens with one attached hydrogen (secondary N) is 2. The van der Waals surface area contributed by atoms with E-state index in [9.17, 15) is 9.59 Å². The van der Waals surface area contributed by atoms with Crippen molar-refractivity contribution in [3.8, 4) is 0 Å². The molecule has 1 aromatic rings. The van der Waals surface area contributed by atoms with Crippen molar-refractivity contribution in [2.24, 2.45) is 0 Å². The van der Waals surface area contributed by atoms with Gasteiger partial charge in [-0.2, -0.15) is 0 Å². The SMILES string of the molecule is CC(=O)NNC(=O)c1ccc(Cl)cc1Br. The van der Waals surface area contributed by atoms with Gasteiger partial charge in [-0.25, -0.2) is 0 Å². The molecule has 6 heteroatoms. The Morgan fingerprint density at radius 2 is 2.00 bits per heavy atom. The lowest BCUT2D eigenvalue weighted by Crippen LogP contribution is -2.40. The van der Waals surface area contributed by atoms with Gasteiger partial charge in [-0.05, 0) is 34.1 Å². The Bertz CT molecular complexity index is 409. The van der Waals surface area contributed by atoms with Gasteiger partial charge in [0.05, 0.1) is 5.56 Å². The van der Waals surface area contributed by atoms with Crippen molar-refractivity contribution in [2.45, 2.75) is 6.92 Å². The van der Waals surface area contributed by atoms with Crippen molar-refractivity contribution in [1.29, 1.82) is 0 Å². The summed E-state index contributed by atoms with van der Waals surface area (Å²) in [4.78, 5) is 22.0. The Morgan fingerprint density at radius 1 is 1.33 bits per heavy atom. The second-order valence-corrected chi connectivity index (χ2v) is 4.05. The number of hydrazine groups is 1. The number of carbonyl (C=O) groups is 2. The van der Waals surface area contributed by atoms with Gasteiger partial charge >= 0.3 is 0 Å². The topological polar surface area (TPSA) is 58.2 Å². The van der Waals surface area contributed by atoms with Crippen LogP contribution in [0.15, 0.2) is 22.7 Å². The summed E-state index contributed by atoms with van der Waals surface area (Å²) in [6, 6.07) is 4.75. The van der Waals surface area contributed by atoms with Gasteiger partial charge in [0.15, 0.2) is 0 Å². The molecule has 2 amide bonds. The molecule has 0 atom stereocenters. The number of carbonyl (C=O) groups excluding carboxylic acids is 2. The van der Waals surface area contributed by atoms with E-state index in [0.29, 0.717) is 15.1 Å². The van der Waals surface area contributed by atoms with Crippen LogP contribution in [0.5, 0.6) is 0 Å². The molecule has 0 unspecified atom stereocenters. The van der Waals surface area contributed by atoms with E-state index < -0.39 is 5.91 Å². The molecule has 0 aliphatic carbocycles. The minimum absolute atomic E-state index is 0.339. The Balaban J connectivity index is 2.78. The summed E-state index contributed by atoms with van der Waals surface area (Å²) in [6.45, 7) is 1.30. The molecule has 0 heterocycles. The van der Waals surface area contributed by atoms with Crippen LogP contribution in [0.1, 0.15) is 17.3 Å². The second kappa shape index (κ2) is 5.14. The molecule has 0 aliphatic heterocycles. The molecule has 0 aliphatic rings. The summed E-state index contributed by atoms with van der Waals surface area (Å²) < 4.78 is 0.567. The zero-order valence-corrected chi connectivity index (χ0v) is 10.1. The van der Waals surface area contributed by atoms with Crippen molar-refractivity contribution >= 4 is 39.3 Å². The van der Waals surface area contributed by atoms with Gasteiger partial charge in [-0.15, -0.1) is 0 Å². The Morgan fingerprint density at radius 3 is 2.53 bits per heavy atom. The van der Waals surface area contributed by atoms with E-state index in [0.717, 1.165) is 0 Å². The van der Waals surface area contributed by atoms with E-state index in [2.05, 4.69) is 26.8 Å². The Kier molecular flexibility index (Phi) is 4.11. The molecule has 0 saturated carbocycles. The number of hydrogen-bond acceptors (Lipinski definition) is 2. The highest BCUT2D eigenvalue weighted by Crippen LogP contribution is 2.21. The van der Waals surface area contributed by atoms with Crippen LogP contribution in [0.3, 0.4) is 0 Å². The van der Waals surface area contributed by atoms with E-state index in [1.54, 1.807) is 18.2 Å². The summed E-state index contributed by atoms with van der Waals surface area (Å²) in [5.41, 5.74) is 4.84. The van der Waals surface area contributed by atoms with Crippen LogP contribution in [0.2, 0.25) is 5.02 Å². The monoisotopic (exact) mass is 290 g/mol. The highest BCUT2D eigenvalue weighted by molar-refractivity contribution is 9.10. The predicted octanol–water partition coefficient (Wildman–Crippen LogP) is 1.88. The fraction of sp³-hybridized carbons (Fsp3) is 0.111. The molecule has 4 nitrogen and oxygen atoms in total. The second-order valence-electron chi connectivity index (χ2n) is 2.76. The van der Waals surface area contributed by atoms with Gasteiger partial charge in [-0.1, -0.05) is 11.6 Å². The first-order chi connectivity index (χ1) is 7.00. The smallest absolute Gasteiger partial charge is 0.270 e. The highest BCUT2D eigenvalue weighted by Gasteiger charge is 2.09. The minimum Gasteiger partial charge on any atom is -0.274 e. The van der Waals surface area contributed by atoms with Gasteiger partial charge in [0.2, 0.25) is 5.91 Å². The lowest BCUT2D eigenvalue weighted by atomic mass is 10.2. The van der Waals surface area contributed by atoms with Crippen molar-refractivity contribution in [1.82, 2.24) is 10.9 Å². The van der Waals surface area contributed by atoms with Crippen LogP contribution in [-0.2, 0) is 4.79 Å². The van der Waals surface area contributed by atoms with Crippen LogP contribution in [0, 0.1) is 0 Å². The van der Waals surface area contributed by atoms with E-state index in [4.69, 9.17) is 11.6 Å². The van der Waals surface area contributed by atoms with E-state index in [1.807, 2.05) is 0 Å². The highest BCUT2D eigenvalue weighted by atomic mass is 79.9. The summed E-state index contributed by atoms with van der Waals surface area (Å²) in [5.74, 6) is -0.748. The van der Waals surface area contributed by atoms with Gasteiger partial charge in [0, 0.05) is 16.4 Å². The summed E-state index contributed by atoms with van der Waals surface area (Å²) >= 11 is 8.91. The molecular weight excluding hydrogens is 283 g/mol. The fourth-order valence-electron chi connectivity index (χ4n) is 0.886. The molecule has 0 spiro atoms. The molecule has 1 aromatic carbocycles. The molecule has 2 N–H and O–H groups in total. The predicted molar refractivity (Wildman–Crippen MR) is 60.4 cm³/mol. The van der Waals surface area contributed by atoms with Crippen LogP contribution in [0.25, 0.3) is 0 Å². The molecule has 0 radical (unpaired) electrons. The van der Waals surface area contributed by atoms with E-state index in [-0.39, 0.29) is 5.91 Å². The molecule has 0 saturated heterocycles. The van der Waals surface area contributed by atoms with Gasteiger partial charge in [0.1, 0.15) is 0 Å². The maximum absolute atomic E-state index is 11.5. The lowest BCUT2D eigenvalue weighted by Gasteiger charge is -2.06. The van der Waals surface area contributed by atoms with Crippen LogP contribution >= 0.6 is 27.5 Å². The third-order valence-electron chi connectivity index (χ3n) is 1.53. The molecule has 0 bridgehead atoms. The van der Waals surface area contributed by atoms with Gasteiger partial charge in [0.25, 0.3) is 5.91 Å². The zero-order chi connectivity index (χ0) is 11.4. The van der Waals surface area contributed by atoms with Crippen LogP contribution in [0.4, 0.5) is 0 Å². The minimum atomic E-state index is -0.409. The van der Waals surface area contributed by atoms with Crippen molar-refractivity contribution in [2.75, 3.05) is 0 Å². The Labute approximate surface area is 100 Å². The molecule has 15 heavy (non-hydrogen) atoms. The standard InChI is InChI=1S/C9H8BrClN2O2/c1-5(14)12-13-9(15)7-3-2-6(11)4-8(7)10/h2-4H,1H3,(H,12,14)(H,13,15). The molecule has 1 rings (SSSR count). The first-order valence-corrected chi connectivity index (χ1v) is 5.20. The number of rotatable bonds is 1. The number of halogens is 2. The van der Waals surface area contributed by atoms with E-state index in [1.165, 1.54) is 6.92 Å². The zero-order valence-electron chi connectivity index (χ0n) is 7.80. The van der Waals surface area contributed by atoms with Crippen LogP contribution < -0.4 is 10.9 Å². The third-order valence-corrected chi connectivity index (χ3v) is 2.42. The number of benzene rings is 1. The lowest BCUT2D eigenvalue weighted by molar-refractivity contribution is -0.119. The normalized spacial score (nSPS) is 9.53.